The van der Waals surface area contributed by atoms with Crippen LogP contribution in [0.2, 0.25) is 0 Å². The number of rotatable bonds is 7. The van der Waals surface area contributed by atoms with Gasteiger partial charge in [0.1, 0.15) is 11.2 Å². The van der Waals surface area contributed by atoms with E-state index in [0.29, 0.717) is 5.56 Å². The second kappa shape index (κ2) is 10.9. The van der Waals surface area contributed by atoms with Gasteiger partial charge in [0.25, 0.3) is 5.91 Å². The Balaban J connectivity index is 2.95. The number of hydroxylamine groups is 1. The first-order valence-corrected chi connectivity index (χ1v) is 10.2. The lowest BCUT2D eigenvalue weighted by atomic mass is 9.93. The average Bonchev–Trinajstić information content (AvgIpc) is 2.60. The number of hydrogen-bond donors (Lipinski definition) is 1. The topological polar surface area (TPSA) is 108 Å². The summed E-state index contributed by atoms with van der Waals surface area (Å²) in [7, 11) is 0. The fourth-order valence-corrected chi connectivity index (χ4v) is 2.62. The molecule has 0 fully saturated rings. The van der Waals surface area contributed by atoms with Crippen molar-refractivity contribution in [2.75, 3.05) is 0 Å². The smallest absolute Gasteiger partial charge is 0.338 e. The monoisotopic (exact) mass is 435 g/mol. The summed E-state index contributed by atoms with van der Waals surface area (Å²) in [5.41, 5.74) is 1.84. The predicted molar refractivity (Wildman–Crippen MR) is 114 cm³/mol. The van der Waals surface area contributed by atoms with Gasteiger partial charge in [-0.1, -0.05) is 12.1 Å². The molecule has 1 aromatic carbocycles. The van der Waals surface area contributed by atoms with Crippen LogP contribution in [0.25, 0.3) is 0 Å². The van der Waals surface area contributed by atoms with Gasteiger partial charge < -0.3 is 14.3 Å². The number of amides is 1. The summed E-state index contributed by atoms with van der Waals surface area (Å²) in [6, 6.07) is 6.83. The zero-order valence-electron chi connectivity index (χ0n) is 19.4. The van der Waals surface area contributed by atoms with E-state index in [1.165, 1.54) is 6.92 Å². The van der Waals surface area contributed by atoms with E-state index >= 15 is 0 Å². The molecule has 0 aliphatic carbocycles. The van der Waals surface area contributed by atoms with Crippen LogP contribution in [0.3, 0.4) is 0 Å². The highest BCUT2D eigenvalue weighted by Gasteiger charge is 2.27. The first kappa shape index (κ1) is 26.1. The Kier molecular flexibility index (Phi) is 9.21. The number of hydrogen-bond acceptors (Lipinski definition) is 7. The van der Waals surface area contributed by atoms with E-state index in [4.69, 9.17) is 9.47 Å². The molecule has 1 amide bonds. The minimum absolute atomic E-state index is 0.0387. The zero-order chi connectivity index (χ0) is 23.8. The summed E-state index contributed by atoms with van der Waals surface area (Å²) < 4.78 is 10.9. The normalized spacial score (nSPS) is 12.5. The van der Waals surface area contributed by atoms with Gasteiger partial charge in [0.05, 0.1) is 11.5 Å². The highest BCUT2D eigenvalue weighted by atomic mass is 16.7. The summed E-state index contributed by atoms with van der Waals surface area (Å²) in [5, 5.41) is 0. The molecule has 31 heavy (non-hydrogen) atoms. The quantitative estimate of drug-likeness (QED) is 0.397. The third-order valence-corrected chi connectivity index (χ3v) is 3.81. The summed E-state index contributed by atoms with van der Waals surface area (Å²) in [6.07, 6.45) is 0.411. The molecule has 8 nitrogen and oxygen atoms in total. The van der Waals surface area contributed by atoms with E-state index in [1.54, 1.807) is 65.8 Å². The molecule has 0 saturated carbocycles. The molecule has 0 aromatic heterocycles. The Morgan fingerprint density at radius 1 is 0.968 bits per heavy atom. The van der Waals surface area contributed by atoms with E-state index in [-0.39, 0.29) is 19.3 Å². The zero-order valence-corrected chi connectivity index (χ0v) is 19.4. The lowest BCUT2D eigenvalue weighted by molar-refractivity contribution is -0.161. The van der Waals surface area contributed by atoms with Crippen LogP contribution in [-0.4, -0.2) is 35.0 Å². The molecule has 1 atom stereocenters. The SMILES string of the molecule is CC(=O)ONC(=O)CCC(Cc1cccc(C(=O)OC(C)(C)C)c1)C(=O)OC(C)(C)C. The summed E-state index contributed by atoms with van der Waals surface area (Å²) >= 11 is 0. The van der Waals surface area contributed by atoms with E-state index in [0.717, 1.165) is 5.56 Å². The van der Waals surface area contributed by atoms with Crippen molar-refractivity contribution in [2.45, 2.75) is 78.9 Å². The molecule has 0 saturated heterocycles. The fourth-order valence-electron chi connectivity index (χ4n) is 2.62. The van der Waals surface area contributed by atoms with Crippen molar-refractivity contribution >= 4 is 23.8 Å². The number of carbonyl (C=O) groups is 4. The molecular weight excluding hydrogens is 402 g/mol. The second-order valence-electron chi connectivity index (χ2n) is 9.29. The molecule has 1 aromatic rings. The highest BCUT2D eigenvalue weighted by molar-refractivity contribution is 5.90. The van der Waals surface area contributed by atoms with Crippen LogP contribution in [0.15, 0.2) is 24.3 Å². The maximum absolute atomic E-state index is 12.7. The van der Waals surface area contributed by atoms with Crippen molar-refractivity contribution in [3.8, 4) is 0 Å². The van der Waals surface area contributed by atoms with Crippen LogP contribution in [0.4, 0.5) is 0 Å². The molecule has 1 N–H and O–H groups in total. The second-order valence-corrected chi connectivity index (χ2v) is 9.29. The summed E-state index contributed by atoms with van der Waals surface area (Å²) in [6.45, 7) is 11.8. The minimum atomic E-state index is -0.687. The number of ether oxygens (including phenoxy) is 2. The van der Waals surface area contributed by atoms with Gasteiger partial charge in [-0.25, -0.2) is 4.79 Å². The van der Waals surface area contributed by atoms with Gasteiger partial charge in [-0.3, -0.25) is 14.4 Å². The lowest BCUT2D eigenvalue weighted by Gasteiger charge is -2.24. The van der Waals surface area contributed by atoms with Gasteiger partial charge in [0, 0.05) is 13.3 Å². The van der Waals surface area contributed by atoms with Crippen molar-refractivity contribution in [1.82, 2.24) is 5.48 Å². The van der Waals surface area contributed by atoms with E-state index < -0.39 is 40.9 Å². The summed E-state index contributed by atoms with van der Waals surface area (Å²) in [4.78, 5) is 52.2. The van der Waals surface area contributed by atoms with Gasteiger partial charge in [-0.15, -0.1) is 0 Å². The summed E-state index contributed by atoms with van der Waals surface area (Å²) in [5.74, 6) is -2.70. The Bertz CT molecular complexity index is 803. The first-order valence-electron chi connectivity index (χ1n) is 10.2. The van der Waals surface area contributed by atoms with E-state index in [9.17, 15) is 19.2 Å². The highest BCUT2D eigenvalue weighted by Crippen LogP contribution is 2.21. The van der Waals surface area contributed by atoms with Crippen LogP contribution in [0, 0.1) is 5.92 Å². The maximum atomic E-state index is 12.7. The van der Waals surface area contributed by atoms with Crippen molar-refractivity contribution in [1.29, 1.82) is 0 Å². The number of benzene rings is 1. The molecule has 1 unspecified atom stereocenters. The Morgan fingerprint density at radius 3 is 2.13 bits per heavy atom. The van der Waals surface area contributed by atoms with Crippen molar-refractivity contribution in [3.63, 3.8) is 0 Å². The molecule has 0 bridgehead atoms. The largest absolute Gasteiger partial charge is 0.460 e. The molecule has 8 heteroatoms. The van der Waals surface area contributed by atoms with Gasteiger partial charge in [0.15, 0.2) is 0 Å². The Labute approximate surface area is 183 Å². The molecular formula is C23H33NO7. The third kappa shape index (κ3) is 11.2. The van der Waals surface area contributed by atoms with Crippen LogP contribution in [0.1, 0.15) is 77.2 Å². The van der Waals surface area contributed by atoms with Gasteiger partial charge in [-0.05, 0) is 72.1 Å². The Hall–Kier alpha value is -2.90. The van der Waals surface area contributed by atoms with E-state index in [2.05, 4.69) is 4.84 Å². The molecule has 172 valence electrons. The molecule has 0 spiro atoms. The van der Waals surface area contributed by atoms with Gasteiger partial charge in [0.2, 0.25) is 0 Å². The van der Waals surface area contributed by atoms with E-state index in [1.807, 2.05) is 5.48 Å². The maximum Gasteiger partial charge on any atom is 0.338 e. The van der Waals surface area contributed by atoms with Gasteiger partial charge >= 0.3 is 17.9 Å². The van der Waals surface area contributed by atoms with Gasteiger partial charge in [-0.2, -0.15) is 5.48 Å². The Morgan fingerprint density at radius 2 is 1.58 bits per heavy atom. The molecule has 0 aliphatic heterocycles. The third-order valence-electron chi connectivity index (χ3n) is 3.81. The predicted octanol–water partition coefficient (Wildman–Crippen LogP) is 3.52. The molecule has 0 aliphatic rings. The average molecular weight is 436 g/mol. The van der Waals surface area contributed by atoms with Crippen LogP contribution < -0.4 is 5.48 Å². The van der Waals surface area contributed by atoms with Crippen molar-refractivity contribution in [2.24, 2.45) is 5.92 Å². The van der Waals surface area contributed by atoms with Crippen LogP contribution in [-0.2, 0) is 35.1 Å². The number of nitrogens with one attached hydrogen (secondary N) is 1. The van der Waals surface area contributed by atoms with Crippen molar-refractivity contribution in [3.05, 3.63) is 35.4 Å². The standard InChI is InChI=1S/C23H33NO7/c1-15(25)31-24-19(26)12-11-18(21(28)30-23(5,6)7)14-16-9-8-10-17(13-16)20(27)29-22(2,3)4/h8-10,13,18H,11-12,14H2,1-7H3,(H,24,26). The first-order chi connectivity index (χ1) is 14.2. The molecule has 0 radical (unpaired) electrons. The van der Waals surface area contributed by atoms with Crippen LogP contribution >= 0.6 is 0 Å². The number of carbonyl (C=O) groups excluding carboxylic acids is 4. The lowest BCUT2D eigenvalue weighted by Crippen LogP contribution is -2.31. The fraction of sp³-hybridized carbons (Fsp3) is 0.565. The minimum Gasteiger partial charge on any atom is -0.460 e. The molecule has 1 rings (SSSR count). The van der Waals surface area contributed by atoms with Crippen molar-refractivity contribution < 1.29 is 33.5 Å². The molecule has 0 heterocycles. The number of esters is 2. The van der Waals surface area contributed by atoms with Crippen LogP contribution in [0.5, 0.6) is 0 Å².